The number of aromatic nitrogens is 3. The summed E-state index contributed by atoms with van der Waals surface area (Å²) in [6.07, 6.45) is 10.3. The van der Waals surface area contributed by atoms with Crippen LogP contribution in [0.25, 0.3) is 11.7 Å². The van der Waals surface area contributed by atoms with Gasteiger partial charge in [0.1, 0.15) is 5.60 Å². The second-order valence-electron chi connectivity index (χ2n) is 5.27. The van der Waals surface area contributed by atoms with Crippen LogP contribution in [0, 0.1) is 0 Å². The third-order valence-corrected chi connectivity index (χ3v) is 2.40. The van der Waals surface area contributed by atoms with E-state index in [4.69, 9.17) is 4.74 Å². The van der Waals surface area contributed by atoms with E-state index in [1.54, 1.807) is 18.6 Å². The Bertz CT molecular complexity index is 625. The van der Waals surface area contributed by atoms with E-state index in [1.165, 1.54) is 0 Å². The maximum Gasteiger partial charge on any atom is 0.407 e. The van der Waals surface area contributed by atoms with Crippen molar-refractivity contribution < 1.29 is 9.53 Å². The van der Waals surface area contributed by atoms with E-state index in [0.717, 1.165) is 11.3 Å². The maximum absolute atomic E-state index is 11.4. The zero-order valence-electron chi connectivity index (χ0n) is 11.8. The third kappa shape index (κ3) is 3.81. The molecule has 0 fully saturated rings. The van der Waals surface area contributed by atoms with Gasteiger partial charge >= 0.3 is 6.09 Å². The number of hydrogen-bond donors (Lipinski definition) is 1. The summed E-state index contributed by atoms with van der Waals surface area (Å²) >= 11 is 0. The fourth-order valence-electron chi connectivity index (χ4n) is 1.62. The number of nitrogens with zero attached hydrogens (tertiary/aromatic N) is 3. The summed E-state index contributed by atoms with van der Waals surface area (Å²) in [5.41, 5.74) is 1.23. The fraction of sp³-hybridized carbons (Fsp3) is 0.357. The molecule has 0 spiro atoms. The maximum atomic E-state index is 11.4. The van der Waals surface area contributed by atoms with Crippen LogP contribution in [0.4, 0.5) is 4.79 Å². The Morgan fingerprint density at radius 2 is 2.25 bits per heavy atom. The summed E-state index contributed by atoms with van der Waals surface area (Å²) in [7, 11) is 0. The lowest BCUT2D eigenvalue weighted by molar-refractivity contribution is 0.0534. The first-order chi connectivity index (χ1) is 9.46. The minimum atomic E-state index is -0.484. The van der Waals surface area contributed by atoms with Crippen molar-refractivity contribution in [1.82, 2.24) is 19.7 Å². The van der Waals surface area contributed by atoms with E-state index in [0.29, 0.717) is 6.54 Å². The molecule has 1 N–H and O–H groups in total. The number of ether oxygens (including phenoxy) is 1. The molecule has 1 amide bonds. The zero-order valence-corrected chi connectivity index (χ0v) is 11.8. The first-order valence-corrected chi connectivity index (χ1v) is 6.36. The molecule has 0 saturated carbocycles. The van der Waals surface area contributed by atoms with Gasteiger partial charge in [-0.25, -0.2) is 9.78 Å². The smallest absolute Gasteiger partial charge is 0.407 e. The Hall–Kier alpha value is -2.37. The number of amides is 1. The first-order valence-electron chi connectivity index (χ1n) is 6.36. The molecule has 0 bridgehead atoms. The lowest BCUT2D eigenvalue weighted by atomic mass is 10.2. The molecule has 20 heavy (non-hydrogen) atoms. The van der Waals surface area contributed by atoms with Crippen LogP contribution in [0.5, 0.6) is 0 Å². The number of nitrogens with one attached hydrogen (secondary N) is 1. The van der Waals surface area contributed by atoms with Crippen molar-refractivity contribution in [3.63, 3.8) is 0 Å². The molecule has 0 radical (unpaired) electrons. The number of fused-ring (bicyclic) bond motifs is 1. The van der Waals surface area contributed by atoms with Crippen LogP contribution in [0.2, 0.25) is 0 Å². The summed E-state index contributed by atoms with van der Waals surface area (Å²) in [6, 6.07) is 0. The van der Waals surface area contributed by atoms with Crippen molar-refractivity contribution >= 4 is 17.8 Å². The minimum absolute atomic E-state index is 0.396. The number of carbonyl (C=O) groups excluding carboxylic acids is 1. The Morgan fingerprint density at radius 1 is 1.45 bits per heavy atom. The molecule has 0 aromatic carbocycles. The van der Waals surface area contributed by atoms with E-state index < -0.39 is 11.7 Å². The molecule has 2 aromatic heterocycles. The van der Waals surface area contributed by atoms with Gasteiger partial charge in [-0.1, -0.05) is 6.08 Å². The van der Waals surface area contributed by atoms with Gasteiger partial charge in [0.25, 0.3) is 0 Å². The normalized spacial score (nSPS) is 11.9. The van der Waals surface area contributed by atoms with Gasteiger partial charge in [-0.05, 0) is 26.8 Å². The summed E-state index contributed by atoms with van der Waals surface area (Å²) in [6.45, 7) is 5.88. The molecule has 6 heteroatoms. The van der Waals surface area contributed by atoms with E-state index in [2.05, 4.69) is 15.3 Å². The summed E-state index contributed by atoms with van der Waals surface area (Å²) < 4.78 is 7.05. The molecule has 2 aromatic rings. The highest BCUT2D eigenvalue weighted by atomic mass is 16.6. The van der Waals surface area contributed by atoms with Crippen LogP contribution in [0.15, 0.2) is 30.9 Å². The van der Waals surface area contributed by atoms with E-state index in [1.807, 2.05) is 43.5 Å². The van der Waals surface area contributed by atoms with Gasteiger partial charge in [-0.3, -0.25) is 9.38 Å². The predicted octanol–water partition coefficient (Wildman–Crippen LogP) is 2.27. The van der Waals surface area contributed by atoms with Crippen molar-refractivity contribution in [3.8, 4) is 0 Å². The predicted molar refractivity (Wildman–Crippen MR) is 76.3 cm³/mol. The van der Waals surface area contributed by atoms with Gasteiger partial charge in [0.2, 0.25) is 0 Å². The van der Waals surface area contributed by atoms with Crippen molar-refractivity contribution in [2.24, 2.45) is 0 Å². The second-order valence-corrected chi connectivity index (χ2v) is 5.27. The molecule has 0 aliphatic carbocycles. The fourth-order valence-corrected chi connectivity index (χ4v) is 1.62. The van der Waals surface area contributed by atoms with Crippen molar-refractivity contribution in [2.75, 3.05) is 6.54 Å². The molecule has 0 aliphatic heterocycles. The quantitative estimate of drug-likeness (QED) is 0.932. The second kappa shape index (κ2) is 5.73. The van der Waals surface area contributed by atoms with Gasteiger partial charge in [0.15, 0.2) is 5.65 Å². The molecule has 0 unspecified atom stereocenters. The molecular formula is C14H18N4O2. The van der Waals surface area contributed by atoms with Crippen molar-refractivity contribution in [1.29, 1.82) is 0 Å². The van der Waals surface area contributed by atoms with E-state index >= 15 is 0 Å². The minimum Gasteiger partial charge on any atom is -0.444 e. The summed E-state index contributed by atoms with van der Waals surface area (Å²) in [4.78, 5) is 19.7. The van der Waals surface area contributed by atoms with Crippen molar-refractivity contribution in [3.05, 3.63) is 36.6 Å². The van der Waals surface area contributed by atoms with Crippen LogP contribution in [0.1, 0.15) is 26.5 Å². The average Bonchev–Trinajstić information content (AvgIpc) is 2.76. The van der Waals surface area contributed by atoms with Gasteiger partial charge in [-0.2, -0.15) is 0 Å². The monoisotopic (exact) mass is 274 g/mol. The van der Waals surface area contributed by atoms with Crippen LogP contribution in [-0.2, 0) is 4.74 Å². The number of alkyl carbamates (subject to hydrolysis) is 1. The van der Waals surface area contributed by atoms with Gasteiger partial charge in [-0.15, -0.1) is 0 Å². The third-order valence-electron chi connectivity index (χ3n) is 2.40. The number of carbonyl (C=O) groups is 1. The molecule has 106 valence electrons. The standard InChI is InChI=1S/C14H18N4O2/c1-14(2,3)20-13(19)16-6-4-5-11-9-17-12-10-15-7-8-18(11)12/h4-5,7-10H,6H2,1-3H3,(H,16,19). The van der Waals surface area contributed by atoms with Gasteiger partial charge < -0.3 is 10.1 Å². The topological polar surface area (TPSA) is 68.5 Å². The van der Waals surface area contributed by atoms with Crippen LogP contribution in [0.3, 0.4) is 0 Å². The number of imidazole rings is 1. The highest BCUT2D eigenvalue weighted by Crippen LogP contribution is 2.07. The SMILES string of the molecule is CC(C)(C)OC(=O)NCC=Cc1cnc2cnccn12. The zero-order chi connectivity index (χ0) is 14.6. The van der Waals surface area contributed by atoms with E-state index in [9.17, 15) is 4.79 Å². The van der Waals surface area contributed by atoms with Crippen molar-refractivity contribution in [2.45, 2.75) is 26.4 Å². The van der Waals surface area contributed by atoms with Crippen LogP contribution >= 0.6 is 0 Å². The summed E-state index contributed by atoms with van der Waals surface area (Å²) in [5, 5.41) is 2.66. The molecular weight excluding hydrogens is 256 g/mol. The van der Waals surface area contributed by atoms with Gasteiger partial charge in [0, 0.05) is 18.9 Å². The molecule has 2 heterocycles. The molecule has 6 nitrogen and oxygen atoms in total. The van der Waals surface area contributed by atoms with Crippen LogP contribution in [-0.4, -0.2) is 32.6 Å². The molecule has 0 atom stereocenters. The lowest BCUT2D eigenvalue weighted by Gasteiger charge is -2.19. The van der Waals surface area contributed by atoms with Crippen LogP contribution < -0.4 is 5.32 Å². The Morgan fingerprint density at radius 3 is 3.00 bits per heavy atom. The number of hydrogen-bond acceptors (Lipinski definition) is 4. The van der Waals surface area contributed by atoms with Gasteiger partial charge in [0.05, 0.1) is 18.1 Å². The largest absolute Gasteiger partial charge is 0.444 e. The highest BCUT2D eigenvalue weighted by Gasteiger charge is 2.14. The van der Waals surface area contributed by atoms with E-state index in [-0.39, 0.29) is 0 Å². The highest BCUT2D eigenvalue weighted by molar-refractivity contribution is 5.68. The number of rotatable bonds is 3. The average molecular weight is 274 g/mol. The lowest BCUT2D eigenvalue weighted by Crippen LogP contribution is -2.32. The Kier molecular flexibility index (Phi) is 4.02. The Labute approximate surface area is 117 Å². The summed E-state index contributed by atoms with van der Waals surface area (Å²) in [5.74, 6) is 0. The Balaban J connectivity index is 1.89. The first kappa shape index (κ1) is 14.0. The molecule has 0 aliphatic rings. The molecule has 0 saturated heterocycles. The molecule has 2 rings (SSSR count).